The van der Waals surface area contributed by atoms with E-state index in [1.807, 2.05) is 0 Å². The summed E-state index contributed by atoms with van der Waals surface area (Å²) >= 11 is 0. The molecule has 0 aromatic carbocycles. The van der Waals surface area contributed by atoms with E-state index in [4.69, 9.17) is 9.47 Å². The van der Waals surface area contributed by atoms with Crippen molar-refractivity contribution in [1.82, 2.24) is 0 Å². The fraction of sp³-hybridized carbons (Fsp3) is 0.917. The Hall–Kier alpha value is -0.610. The van der Waals surface area contributed by atoms with Crippen LogP contribution in [-0.4, -0.2) is 36.5 Å². The van der Waals surface area contributed by atoms with E-state index in [0.29, 0.717) is 19.1 Å². The molecule has 0 aliphatic carbocycles. The second-order valence-corrected chi connectivity index (χ2v) is 4.63. The molecule has 4 nitrogen and oxygen atoms in total. The van der Waals surface area contributed by atoms with Crippen LogP contribution in [0.2, 0.25) is 0 Å². The van der Waals surface area contributed by atoms with Crippen molar-refractivity contribution in [2.45, 2.75) is 45.8 Å². The molecule has 1 heterocycles. The van der Waals surface area contributed by atoms with Gasteiger partial charge in [0.05, 0.1) is 12.7 Å². The van der Waals surface area contributed by atoms with Crippen molar-refractivity contribution < 1.29 is 19.4 Å². The zero-order valence-corrected chi connectivity index (χ0v) is 10.3. The number of carbonyl (C=O) groups excluding carboxylic acids is 1. The lowest BCUT2D eigenvalue weighted by molar-refractivity contribution is -0.160. The van der Waals surface area contributed by atoms with Crippen LogP contribution < -0.4 is 0 Å². The lowest BCUT2D eigenvalue weighted by atomic mass is 9.86. The monoisotopic (exact) mass is 230 g/mol. The summed E-state index contributed by atoms with van der Waals surface area (Å²) in [5, 5.41) is 9.84. The largest absolute Gasteiger partial charge is 0.464 e. The van der Waals surface area contributed by atoms with Crippen molar-refractivity contribution in [2.24, 2.45) is 11.8 Å². The van der Waals surface area contributed by atoms with Gasteiger partial charge in [0.1, 0.15) is 0 Å². The van der Waals surface area contributed by atoms with Crippen LogP contribution in [0.1, 0.15) is 33.6 Å². The third-order valence-corrected chi connectivity index (χ3v) is 3.07. The number of hydrogen-bond acceptors (Lipinski definition) is 4. The SMILES string of the molecule is CCOC(=O)C(O)C1CCOC(C(C)C)C1. The Labute approximate surface area is 96.9 Å². The Kier molecular flexibility index (Phi) is 5.22. The lowest BCUT2D eigenvalue weighted by Gasteiger charge is -2.33. The molecule has 3 atom stereocenters. The first-order chi connectivity index (χ1) is 7.56. The maximum atomic E-state index is 11.4. The maximum Gasteiger partial charge on any atom is 0.335 e. The standard InChI is InChI=1S/C12H22O4/c1-4-15-12(14)11(13)9-5-6-16-10(7-9)8(2)3/h8-11,13H,4-7H2,1-3H3. The van der Waals surface area contributed by atoms with Gasteiger partial charge in [-0.1, -0.05) is 13.8 Å². The van der Waals surface area contributed by atoms with Crippen LogP contribution in [0.25, 0.3) is 0 Å². The van der Waals surface area contributed by atoms with Crippen LogP contribution in [-0.2, 0) is 14.3 Å². The summed E-state index contributed by atoms with van der Waals surface area (Å²) in [4.78, 5) is 11.4. The fourth-order valence-corrected chi connectivity index (χ4v) is 2.03. The van der Waals surface area contributed by atoms with Crippen molar-refractivity contribution in [2.75, 3.05) is 13.2 Å². The van der Waals surface area contributed by atoms with Crippen LogP contribution in [0.5, 0.6) is 0 Å². The molecule has 0 saturated carbocycles. The molecule has 1 fully saturated rings. The van der Waals surface area contributed by atoms with Crippen molar-refractivity contribution in [3.05, 3.63) is 0 Å². The molecule has 3 unspecified atom stereocenters. The minimum atomic E-state index is -0.995. The Morgan fingerprint density at radius 2 is 2.25 bits per heavy atom. The molecule has 4 heteroatoms. The molecular formula is C12H22O4. The van der Waals surface area contributed by atoms with Gasteiger partial charge >= 0.3 is 5.97 Å². The summed E-state index contributed by atoms with van der Waals surface area (Å²) in [5.74, 6) is -0.116. The Morgan fingerprint density at radius 3 is 2.81 bits per heavy atom. The average Bonchev–Trinajstić information content (AvgIpc) is 2.28. The summed E-state index contributed by atoms with van der Waals surface area (Å²) in [6.45, 7) is 6.84. The average molecular weight is 230 g/mol. The molecule has 0 spiro atoms. The molecule has 94 valence electrons. The minimum absolute atomic E-state index is 0.0276. The zero-order valence-electron chi connectivity index (χ0n) is 10.3. The third kappa shape index (κ3) is 3.46. The molecule has 0 aromatic rings. The Bertz CT molecular complexity index is 227. The minimum Gasteiger partial charge on any atom is -0.464 e. The highest BCUT2D eigenvalue weighted by atomic mass is 16.5. The van der Waals surface area contributed by atoms with Crippen LogP contribution in [0.3, 0.4) is 0 Å². The van der Waals surface area contributed by atoms with Gasteiger partial charge in [-0.25, -0.2) is 4.79 Å². The number of rotatable bonds is 4. The molecule has 1 aliphatic heterocycles. The molecule has 1 saturated heterocycles. The first kappa shape index (κ1) is 13.5. The number of aliphatic hydroxyl groups is 1. The van der Waals surface area contributed by atoms with Gasteiger partial charge in [0, 0.05) is 12.5 Å². The van der Waals surface area contributed by atoms with E-state index in [1.165, 1.54) is 0 Å². The van der Waals surface area contributed by atoms with E-state index in [1.54, 1.807) is 6.92 Å². The maximum absolute atomic E-state index is 11.4. The topological polar surface area (TPSA) is 55.8 Å². The predicted molar refractivity (Wildman–Crippen MR) is 59.9 cm³/mol. The number of aliphatic hydroxyl groups excluding tert-OH is 1. The normalized spacial score (nSPS) is 27.8. The van der Waals surface area contributed by atoms with Gasteiger partial charge in [-0.2, -0.15) is 0 Å². The van der Waals surface area contributed by atoms with Crippen molar-refractivity contribution in [3.8, 4) is 0 Å². The molecule has 0 amide bonds. The van der Waals surface area contributed by atoms with Gasteiger partial charge in [-0.15, -0.1) is 0 Å². The van der Waals surface area contributed by atoms with Gasteiger partial charge in [0.25, 0.3) is 0 Å². The van der Waals surface area contributed by atoms with Crippen molar-refractivity contribution in [1.29, 1.82) is 0 Å². The summed E-state index contributed by atoms with van der Waals surface area (Å²) in [6, 6.07) is 0. The van der Waals surface area contributed by atoms with Crippen LogP contribution in [0, 0.1) is 11.8 Å². The fourth-order valence-electron chi connectivity index (χ4n) is 2.03. The van der Waals surface area contributed by atoms with Crippen molar-refractivity contribution in [3.63, 3.8) is 0 Å². The van der Waals surface area contributed by atoms with Gasteiger partial charge in [0.2, 0.25) is 0 Å². The van der Waals surface area contributed by atoms with Gasteiger partial charge in [-0.3, -0.25) is 0 Å². The smallest absolute Gasteiger partial charge is 0.335 e. The van der Waals surface area contributed by atoms with E-state index >= 15 is 0 Å². The van der Waals surface area contributed by atoms with Crippen LogP contribution >= 0.6 is 0 Å². The number of ether oxygens (including phenoxy) is 2. The highest BCUT2D eigenvalue weighted by molar-refractivity contribution is 5.74. The van der Waals surface area contributed by atoms with E-state index in [2.05, 4.69) is 13.8 Å². The molecule has 16 heavy (non-hydrogen) atoms. The highest BCUT2D eigenvalue weighted by Gasteiger charge is 2.33. The number of carbonyl (C=O) groups is 1. The van der Waals surface area contributed by atoms with E-state index < -0.39 is 12.1 Å². The summed E-state index contributed by atoms with van der Waals surface area (Å²) in [7, 11) is 0. The summed E-state index contributed by atoms with van der Waals surface area (Å²) in [6.07, 6.45) is 0.605. The van der Waals surface area contributed by atoms with Crippen LogP contribution in [0.4, 0.5) is 0 Å². The first-order valence-corrected chi connectivity index (χ1v) is 6.02. The van der Waals surface area contributed by atoms with Gasteiger partial charge in [-0.05, 0) is 25.7 Å². The number of hydrogen-bond donors (Lipinski definition) is 1. The molecule has 1 rings (SSSR count). The van der Waals surface area contributed by atoms with Crippen molar-refractivity contribution >= 4 is 5.97 Å². The molecular weight excluding hydrogens is 208 g/mol. The van der Waals surface area contributed by atoms with E-state index in [-0.39, 0.29) is 12.0 Å². The van der Waals surface area contributed by atoms with Gasteiger partial charge < -0.3 is 14.6 Å². The summed E-state index contributed by atoms with van der Waals surface area (Å²) < 4.78 is 10.4. The molecule has 0 aromatic heterocycles. The quantitative estimate of drug-likeness (QED) is 0.741. The van der Waals surface area contributed by atoms with Crippen LogP contribution in [0.15, 0.2) is 0 Å². The van der Waals surface area contributed by atoms with Gasteiger partial charge in [0.15, 0.2) is 6.10 Å². The molecule has 1 aliphatic rings. The molecule has 0 bridgehead atoms. The highest BCUT2D eigenvalue weighted by Crippen LogP contribution is 2.27. The first-order valence-electron chi connectivity index (χ1n) is 6.02. The zero-order chi connectivity index (χ0) is 12.1. The van der Waals surface area contributed by atoms with E-state index in [9.17, 15) is 9.90 Å². The molecule has 1 N–H and O–H groups in total. The lowest BCUT2D eigenvalue weighted by Crippen LogP contribution is -2.39. The Balaban J connectivity index is 2.49. The Morgan fingerprint density at radius 1 is 1.56 bits per heavy atom. The second-order valence-electron chi connectivity index (χ2n) is 4.63. The van der Waals surface area contributed by atoms with E-state index in [0.717, 1.165) is 12.8 Å². The second kappa shape index (κ2) is 6.21. The predicted octanol–water partition coefficient (Wildman–Crippen LogP) is 1.36. The third-order valence-electron chi connectivity index (χ3n) is 3.07. The number of esters is 1. The molecule has 0 radical (unpaired) electrons. The summed E-state index contributed by atoms with van der Waals surface area (Å²) in [5.41, 5.74) is 0.